The number of hydrogen-bond donors (Lipinski definition) is 2. The third kappa shape index (κ3) is 5.27. The van der Waals surface area contributed by atoms with Gasteiger partial charge in [0.2, 0.25) is 0 Å². The summed E-state index contributed by atoms with van der Waals surface area (Å²) in [5, 5.41) is 3.21. The topological polar surface area (TPSA) is 119 Å². The molecule has 2 amide bonds. The first-order valence-electron chi connectivity index (χ1n) is 10.5. The molecule has 4 rings (SSSR count). The molecular formula is C26H19ClFN3O4S. The standard InChI is InChI=1S/C26H19ClFN3O4S/c1-36(34,35)17-7-9-18(20(14-17)15-5-8-19(25(29)32)23(28)12-15)26(33)31-16-6-10-22(27)21(13-16)24-4-2-3-11-30-24/h2-14H,1H3,(H2,29,32)(H,31,33). The molecule has 1 aromatic heterocycles. The predicted octanol–water partition coefficient (Wildman–Crippen LogP) is 4.96. The van der Waals surface area contributed by atoms with E-state index in [0.29, 0.717) is 22.0 Å². The van der Waals surface area contributed by atoms with E-state index in [1.807, 2.05) is 6.07 Å². The van der Waals surface area contributed by atoms with Gasteiger partial charge < -0.3 is 11.1 Å². The van der Waals surface area contributed by atoms with Crippen molar-refractivity contribution in [3.05, 3.63) is 101 Å². The number of nitrogens with zero attached hydrogens (tertiary/aromatic N) is 1. The van der Waals surface area contributed by atoms with Crippen LogP contribution in [0.15, 0.2) is 83.9 Å². The lowest BCUT2D eigenvalue weighted by atomic mass is 9.97. The number of amides is 2. The Morgan fingerprint density at radius 3 is 2.33 bits per heavy atom. The Hall–Kier alpha value is -4.08. The van der Waals surface area contributed by atoms with Crippen molar-refractivity contribution in [3.63, 3.8) is 0 Å². The fourth-order valence-electron chi connectivity index (χ4n) is 3.59. The van der Waals surface area contributed by atoms with E-state index in [9.17, 15) is 22.4 Å². The SMILES string of the molecule is CS(=O)(=O)c1ccc(C(=O)Nc2ccc(Cl)c(-c3ccccn3)c2)c(-c2ccc(C(N)=O)c(F)c2)c1. The number of carbonyl (C=O) groups excluding carboxylic acids is 2. The third-order valence-corrected chi connectivity index (χ3v) is 6.81. The molecule has 0 unspecified atom stereocenters. The summed E-state index contributed by atoms with van der Waals surface area (Å²) in [5.41, 5.74) is 6.92. The number of pyridine rings is 1. The van der Waals surface area contributed by atoms with Crippen molar-refractivity contribution < 1.29 is 22.4 Å². The van der Waals surface area contributed by atoms with E-state index in [0.717, 1.165) is 12.3 Å². The average Bonchev–Trinajstić information content (AvgIpc) is 2.84. The molecule has 4 aromatic rings. The van der Waals surface area contributed by atoms with E-state index in [1.165, 1.54) is 30.3 Å². The molecule has 0 saturated heterocycles. The molecule has 0 bridgehead atoms. The van der Waals surface area contributed by atoms with Crippen molar-refractivity contribution in [2.45, 2.75) is 4.90 Å². The van der Waals surface area contributed by atoms with Crippen molar-refractivity contribution in [2.75, 3.05) is 11.6 Å². The van der Waals surface area contributed by atoms with Gasteiger partial charge >= 0.3 is 0 Å². The number of benzene rings is 3. The van der Waals surface area contributed by atoms with Crippen LogP contribution >= 0.6 is 11.6 Å². The maximum atomic E-state index is 14.5. The number of rotatable bonds is 6. The fourth-order valence-corrected chi connectivity index (χ4v) is 4.45. The summed E-state index contributed by atoms with van der Waals surface area (Å²) in [7, 11) is -3.63. The summed E-state index contributed by atoms with van der Waals surface area (Å²) in [6, 6.07) is 17.8. The molecule has 0 aliphatic carbocycles. The zero-order valence-electron chi connectivity index (χ0n) is 18.8. The van der Waals surface area contributed by atoms with Crippen molar-refractivity contribution in [1.29, 1.82) is 0 Å². The Kier molecular flexibility index (Phi) is 6.87. The molecule has 3 N–H and O–H groups in total. The lowest BCUT2D eigenvalue weighted by Gasteiger charge is -2.14. The monoisotopic (exact) mass is 523 g/mol. The highest BCUT2D eigenvalue weighted by atomic mass is 35.5. The smallest absolute Gasteiger partial charge is 0.256 e. The number of halogens is 2. The summed E-state index contributed by atoms with van der Waals surface area (Å²) < 4.78 is 38.8. The third-order valence-electron chi connectivity index (χ3n) is 5.37. The summed E-state index contributed by atoms with van der Waals surface area (Å²) in [6.07, 6.45) is 2.64. The van der Waals surface area contributed by atoms with Gasteiger partial charge in [0.1, 0.15) is 5.82 Å². The first kappa shape index (κ1) is 25.0. The van der Waals surface area contributed by atoms with Gasteiger partial charge in [-0.25, -0.2) is 12.8 Å². The number of primary amides is 1. The molecule has 36 heavy (non-hydrogen) atoms. The fraction of sp³-hybridized carbons (Fsp3) is 0.0385. The molecule has 0 atom stereocenters. The summed E-state index contributed by atoms with van der Waals surface area (Å²) >= 11 is 6.32. The average molecular weight is 524 g/mol. The summed E-state index contributed by atoms with van der Waals surface area (Å²) in [6.45, 7) is 0. The number of aromatic nitrogens is 1. The van der Waals surface area contributed by atoms with E-state index in [-0.39, 0.29) is 27.1 Å². The minimum atomic E-state index is -3.63. The number of carbonyl (C=O) groups is 2. The molecule has 0 radical (unpaired) electrons. The van der Waals surface area contributed by atoms with Crippen molar-refractivity contribution in [2.24, 2.45) is 5.73 Å². The van der Waals surface area contributed by atoms with E-state index in [1.54, 1.807) is 36.5 Å². The van der Waals surface area contributed by atoms with Gasteiger partial charge in [-0.3, -0.25) is 14.6 Å². The number of sulfone groups is 1. The Labute approximate surface area is 211 Å². The molecule has 0 spiro atoms. The van der Waals surface area contributed by atoms with Crippen LogP contribution in [0.25, 0.3) is 22.4 Å². The Balaban J connectivity index is 1.77. The number of anilines is 1. The molecule has 0 fully saturated rings. The van der Waals surface area contributed by atoms with Crippen LogP contribution in [0.5, 0.6) is 0 Å². The highest BCUT2D eigenvalue weighted by molar-refractivity contribution is 7.90. The van der Waals surface area contributed by atoms with Crippen LogP contribution in [0, 0.1) is 5.82 Å². The second-order valence-electron chi connectivity index (χ2n) is 7.90. The second-order valence-corrected chi connectivity index (χ2v) is 10.3. The predicted molar refractivity (Wildman–Crippen MR) is 136 cm³/mol. The maximum absolute atomic E-state index is 14.5. The van der Waals surface area contributed by atoms with E-state index in [2.05, 4.69) is 10.3 Å². The molecule has 3 aromatic carbocycles. The van der Waals surface area contributed by atoms with E-state index < -0.39 is 27.5 Å². The van der Waals surface area contributed by atoms with Crippen molar-refractivity contribution >= 4 is 38.9 Å². The number of nitrogens with two attached hydrogens (primary N) is 1. The normalized spacial score (nSPS) is 11.2. The Morgan fingerprint density at radius 2 is 1.69 bits per heavy atom. The van der Waals surface area contributed by atoms with Gasteiger partial charge in [-0.05, 0) is 71.8 Å². The molecule has 0 saturated carbocycles. The minimum Gasteiger partial charge on any atom is -0.366 e. The largest absolute Gasteiger partial charge is 0.366 e. The first-order valence-corrected chi connectivity index (χ1v) is 12.8. The van der Waals surface area contributed by atoms with Crippen molar-refractivity contribution in [3.8, 4) is 22.4 Å². The molecule has 0 aliphatic rings. The molecule has 1 heterocycles. The van der Waals surface area contributed by atoms with Gasteiger partial charge in [-0.1, -0.05) is 23.7 Å². The first-order chi connectivity index (χ1) is 17.0. The van der Waals surface area contributed by atoms with Crippen LogP contribution in [-0.2, 0) is 9.84 Å². The van der Waals surface area contributed by atoms with E-state index in [4.69, 9.17) is 17.3 Å². The summed E-state index contributed by atoms with van der Waals surface area (Å²) in [4.78, 5) is 28.9. The minimum absolute atomic E-state index is 0.0580. The quantitative estimate of drug-likeness (QED) is 0.370. The Bertz CT molecular complexity index is 1610. The molecule has 10 heteroatoms. The number of hydrogen-bond acceptors (Lipinski definition) is 5. The zero-order valence-corrected chi connectivity index (χ0v) is 20.4. The summed E-state index contributed by atoms with van der Waals surface area (Å²) in [5.74, 6) is -2.42. The van der Waals surface area contributed by atoms with Gasteiger partial charge in [0.05, 0.1) is 21.2 Å². The number of nitrogens with one attached hydrogen (secondary N) is 1. The highest BCUT2D eigenvalue weighted by Crippen LogP contribution is 2.32. The van der Waals surface area contributed by atoms with Crippen LogP contribution in [0.2, 0.25) is 5.02 Å². The van der Waals surface area contributed by atoms with E-state index >= 15 is 0 Å². The second kappa shape index (κ2) is 9.88. The van der Waals surface area contributed by atoms with Gasteiger partial charge in [0, 0.05) is 29.3 Å². The molecule has 0 aliphatic heterocycles. The van der Waals surface area contributed by atoms with Gasteiger partial charge in [-0.15, -0.1) is 0 Å². The van der Waals surface area contributed by atoms with Gasteiger partial charge in [-0.2, -0.15) is 0 Å². The van der Waals surface area contributed by atoms with Crippen LogP contribution in [0.4, 0.5) is 10.1 Å². The lowest BCUT2D eigenvalue weighted by molar-refractivity contribution is 0.0994. The van der Waals surface area contributed by atoms with Crippen molar-refractivity contribution in [1.82, 2.24) is 4.98 Å². The molecular weight excluding hydrogens is 505 g/mol. The lowest BCUT2D eigenvalue weighted by Crippen LogP contribution is -2.15. The Morgan fingerprint density at radius 1 is 0.944 bits per heavy atom. The highest BCUT2D eigenvalue weighted by Gasteiger charge is 2.19. The molecule has 182 valence electrons. The molecule has 7 nitrogen and oxygen atoms in total. The van der Waals surface area contributed by atoms with Crippen LogP contribution in [0.1, 0.15) is 20.7 Å². The van der Waals surface area contributed by atoms with Crippen LogP contribution in [-0.4, -0.2) is 31.5 Å². The maximum Gasteiger partial charge on any atom is 0.256 e. The van der Waals surface area contributed by atoms with Gasteiger partial charge in [0.15, 0.2) is 9.84 Å². The zero-order chi connectivity index (χ0) is 26.0. The van der Waals surface area contributed by atoms with Crippen LogP contribution < -0.4 is 11.1 Å². The van der Waals surface area contributed by atoms with Gasteiger partial charge in [0.25, 0.3) is 11.8 Å². The van der Waals surface area contributed by atoms with Crippen LogP contribution in [0.3, 0.4) is 0 Å².